The number of carbonyl (C=O) groups excluding carboxylic acids is 2. The first-order chi connectivity index (χ1) is 13.3. The Bertz CT molecular complexity index is 1020. The van der Waals surface area contributed by atoms with E-state index in [0.29, 0.717) is 17.1 Å². The second-order valence-electron chi connectivity index (χ2n) is 5.99. The first kappa shape index (κ1) is 19.6. The molecule has 2 aromatic carbocycles. The number of aryl methyl sites for hydroxylation is 1. The summed E-state index contributed by atoms with van der Waals surface area (Å²) in [5.74, 6) is -0.287. The summed E-state index contributed by atoms with van der Waals surface area (Å²) in [6.07, 6.45) is -0.938. The van der Waals surface area contributed by atoms with Gasteiger partial charge in [-0.1, -0.05) is 18.2 Å². The van der Waals surface area contributed by atoms with Gasteiger partial charge in [-0.25, -0.2) is 13.1 Å². The van der Waals surface area contributed by atoms with Gasteiger partial charge < -0.3 is 9.47 Å². The van der Waals surface area contributed by atoms with E-state index in [-0.39, 0.29) is 17.1 Å². The summed E-state index contributed by atoms with van der Waals surface area (Å²) < 4.78 is 37.0. The molecule has 3 N–H and O–H groups in total. The Hall–Kier alpha value is -3.11. The summed E-state index contributed by atoms with van der Waals surface area (Å²) >= 11 is 0. The maximum atomic E-state index is 12.4. The molecule has 0 radical (unpaired) electrons. The molecule has 1 unspecified atom stereocenters. The third-order valence-corrected chi connectivity index (χ3v) is 5.54. The molecule has 2 amide bonds. The van der Waals surface area contributed by atoms with Crippen LogP contribution in [0.1, 0.15) is 15.9 Å². The molecule has 0 fully saturated rings. The first-order valence-electron chi connectivity index (χ1n) is 8.34. The van der Waals surface area contributed by atoms with Crippen molar-refractivity contribution in [3.05, 3.63) is 53.6 Å². The van der Waals surface area contributed by atoms with Gasteiger partial charge in [0, 0.05) is 5.56 Å². The number of carbonyl (C=O) groups is 2. The van der Waals surface area contributed by atoms with Gasteiger partial charge in [0.15, 0.2) is 11.5 Å². The van der Waals surface area contributed by atoms with Crippen LogP contribution in [0.3, 0.4) is 0 Å². The van der Waals surface area contributed by atoms with Crippen molar-refractivity contribution in [1.82, 2.24) is 15.6 Å². The predicted molar refractivity (Wildman–Crippen MR) is 99.4 cm³/mol. The molecule has 0 saturated heterocycles. The lowest BCUT2D eigenvalue weighted by Crippen LogP contribution is -2.51. The van der Waals surface area contributed by atoms with E-state index in [1.807, 2.05) is 0 Å². The molecule has 28 heavy (non-hydrogen) atoms. The monoisotopic (exact) mass is 405 g/mol. The average Bonchev–Trinajstić information content (AvgIpc) is 2.71. The summed E-state index contributed by atoms with van der Waals surface area (Å²) in [5, 5.41) is 0. The van der Waals surface area contributed by atoms with Crippen molar-refractivity contribution in [2.45, 2.75) is 17.9 Å². The third-order valence-electron chi connectivity index (χ3n) is 4.13. The normalized spacial score (nSPS) is 15.6. The number of amides is 2. The number of hydrogen-bond acceptors (Lipinski definition) is 6. The zero-order valence-corrected chi connectivity index (χ0v) is 16.0. The fourth-order valence-corrected chi connectivity index (χ4v) is 3.30. The van der Waals surface area contributed by atoms with Gasteiger partial charge in [-0.15, -0.1) is 0 Å². The van der Waals surface area contributed by atoms with Crippen LogP contribution in [0.25, 0.3) is 0 Å². The lowest BCUT2D eigenvalue weighted by Gasteiger charge is -2.25. The summed E-state index contributed by atoms with van der Waals surface area (Å²) in [6.45, 7) is 1.65. The topological polar surface area (TPSA) is 123 Å². The van der Waals surface area contributed by atoms with Crippen LogP contribution in [-0.2, 0) is 14.8 Å². The SMILES string of the molecule is CNS(=O)(=O)c1ccc(C)c(C(=O)NNC(=O)C2COc3ccccc3O2)c1. The van der Waals surface area contributed by atoms with Crippen LogP contribution in [-0.4, -0.2) is 40.0 Å². The molecular weight excluding hydrogens is 386 g/mol. The van der Waals surface area contributed by atoms with Gasteiger partial charge in [0.2, 0.25) is 16.1 Å². The molecule has 148 valence electrons. The average molecular weight is 405 g/mol. The van der Waals surface area contributed by atoms with Crippen molar-refractivity contribution >= 4 is 21.8 Å². The molecule has 0 spiro atoms. The molecule has 3 rings (SSSR count). The van der Waals surface area contributed by atoms with Gasteiger partial charge in [0.1, 0.15) is 6.61 Å². The zero-order chi connectivity index (χ0) is 20.3. The van der Waals surface area contributed by atoms with Gasteiger partial charge in [-0.2, -0.15) is 0 Å². The molecule has 1 atom stereocenters. The highest BCUT2D eigenvalue weighted by atomic mass is 32.2. The van der Waals surface area contributed by atoms with Gasteiger partial charge in [0.05, 0.1) is 4.90 Å². The number of benzene rings is 2. The standard InChI is InChI=1S/C18H19N3O6S/c1-11-7-8-12(28(24,25)19-2)9-13(11)17(22)20-21-18(23)16-10-26-14-5-3-4-6-15(14)27-16/h3-9,16,19H,10H2,1-2H3,(H,20,22)(H,21,23). The van der Waals surface area contributed by atoms with Crippen LogP contribution in [0, 0.1) is 6.92 Å². The van der Waals surface area contributed by atoms with Crippen molar-refractivity contribution < 1.29 is 27.5 Å². The van der Waals surface area contributed by atoms with Crippen LogP contribution >= 0.6 is 0 Å². The number of hydrazine groups is 1. The molecule has 1 aliphatic heterocycles. The third kappa shape index (κ3) is 4.07. The van der Waals surface area contributed by atoms with Crippen molar-refractivity contribution in [3.63, 3.8) is 0 Å². The Labute approximate surface area is 162 Å². The molecule has 1 aliphatic rings. The first-order valence-corrected chi connectivity index (χ1v) is 9.83. The Morgan fingerprint density at radius 2 is 1.79 bits per heavy atom. The smallest absolute Gasteiger partial charge is 0.283 e. The molecule has 0 saturated carbocycles. The van der Waals surface area contributed by atoms with E-state index in [2.05, 4.69) is 15.6 Å². The van der Waals surface area contributed by atoms with Crippen LogP contribution in [0.2, 0.25) is 0 Å². The summed E-state index contributed by atoms with van der Waals surface area (Å²) in [4.78, 5) is 24.6. The number of hydrogen-bond donors (Lipinski definition) is 3. The van der Waals surface area contributed by atoms with Crippen LogP contribution in [0.4, 0.5) is 0 Å². The summed E-state index contributed by atoms with van der Waals surface area (Å²) in [6, 6.07) is 11.1. The number of para-hydroxylation sites is 2. The number of ether oxygens (including phenoxy) is 2. The van der Waals surface area contributed by atoms with E-state index < -0.39 is 27.9 Å². The molecule has 9 nitrogen and oxygen atoms in total. The maximum Gasteiger partial charge on any atom is 0.283 e. The van der Waals surface area contributed by atoms with Crippen LogP contribution in [0.15, 0.2) is 47.4 Å². The highest BCUT2D eigenvalue weighted by Crippen LogP contribution is 2.30. The minimum Gasteiger partial charge on any atom is -0.485 e. The summed E-state index contributed by atoms with van der Waals surface area (Å²) in [7, 11) is -2.42. The van der Waals surface area contributed by atoms with Crippen LogP contribution < -0.4 is 25.0 Å². The van der Waals surface area contributed by atoms with Crippen molar-refractivity contribution in [2.24, 2.45) is 0 Å². The fourth-order valence-electron chi connectivity index (χ4n) is 2.55. The van der Waals surface area contributed by atoms with Crippen LogP contribution in [0.5, 0.6) is 11.5 Å². The maximum absolute atomic E-state index is 12.4. The molecule has 0 aromatic heterocycles. The quantitative estimate of drug-likeness (QED) is 0.637. The molecule has 2 aromatic rings. The molecular formula is C18H19N3O6S. The second kappa shape index (κ2) is 7.87. The second-order valence-corrected chi connectivity index (χ2v) is 7.88. The summed E-state index contributed by atoms with van der Waals surface area (Å²) in [5.41, 5.74) is 5.20. The molecule has 0 aliphatic carbocycles. The Morgan fingerprint density at radius 1 is 1.07 bits per heavy atom. The zero-order valence-electron chi connectivity index (χ0n) is 15.2. The van der Waals surface area contributed by atoms with Gasteiger partial charge in [-0.05, 0) is 43.8 Å². The number of fused-ring (bicyclic) bond motifs is 1. The molecule has 0 bridgehead atoms. The Morgan fingerprint density at radius 3 is 2.50 bits per heavy atom. The van der Waals surface area contributed by atoms with E-state index >= 15 is 0 Å². The van der Waals surface area contributed by atoms with E-state index in [1.165, 1.54) is 25.2 Å². The Kier molecular flexibility index (Phi) is 5.52. The minimum absolute atomic E-state index is 0.00631. The number of rotatable bonds is 4. The Balaban J connectivity index is 1.66. The van der Waals surface area contributed by atoms with E-state index in [0.717, 1.165) is 0 Å². The van der Waals surface area contributed by atoms with E-state index in [9.17, 15) is 18.0 Å². The predicted octanol–water partition coefficient (Wildman–Crippen LogP) is 0.504. The highest BCUT2D eigenvalue weighted by Gasteiger charge is 2.27. The van der Waals surface area contributed by atoms with Gasteiger partial charge in [0.25, 0.3) is 11.8 Å². The van der Waals surface area contributed by atoms with Crippen molar-refractivity contribution in [3.8, 4) is 11.5 Å². The lowest BCUT2D eigenvalue weighted by atomic mass is 10.1. The van der Waals surface area contributed by atoms with Crippen molar-refractivity contribution in [1.29, 1.82) is 0 Å². The number of nitrogens with one attached hydrogen (secondary N) is 3. The molecule has 1 heterocycles. The minimum atomic E-state index is -3.70. The van der Waals surface area contributed by atoms with Gasteiger partial charge >= 0.3 is 0 Å². The fraction of sp³-hybridized carbons (Fsp3) is 0.222. The molecule has 10 heteroatoms. The highest BCUT2D eigenvalue weighted by molar-refractivity contribution is 7.89. The van der Waals surface area contributed by atoms with Gasteiger partial charge in [-0.3, -0.25) is 20.4 Å². The lowest BCUT2D eigenvalue weighted by molar-refractivity contribution is -0.131. The van der Waals surface area contributed by atoms with E-state index in [4.69, 9.17) is 9.47 Å². The largest absolute Gasteiger partial charge is 0.485 e. The van der Waals surface area contributed by atoms with E-state index in [1.54, 1.807) is 31.2 Å². The van der Waals surface area contributed by atoms with Crippen molar-refractivity contribution in [2.75, 3.05) is 13.7 Å². The number of sulfonamides is 1.